The van der Waals surface area contributed by atoms with Gasteiger partial charge in [-0.1, -0.05) is 53.8 Å². The fraction of sp³-hybridized carbons (Fsp3) is 0.250. The summed E-state index contributed by atoms with van der Waals surface area (Å²) in [6, 6.07) is 19.7. The van der Waals surface area contributed by atoms with Gasteiger partial charge in [-0.3, -0.25) is 14.5 Å². The number of thiazole rings is 1. The second-order valence-corrected chi connectivity index (χ2v) is 10.9. The standard InChI is InChI=1S/C32H31FN4O6S/c1-41-22-15-14-21(26(17-22)42-2)18-34-29(39)27-31(36-28(38)23-11-6-7-12-24(23)33)44-30(35-27)25-13-8-16-37(25)32(40)43-19-20-9-4-3-5-10-20/h3-7,9-12,14-15,17,25H,8,13,16,18-19H2,1-2H3,(H,34,39)(H,36,38). The smallest absolute Gasteiger partial charge is 0.410 e. The Bertz CT molecular complexity index is 1650. The Morgan fingerprint density at radius 2 is 1.77 bits per heavy atom. The molecule has 2 N–H and O–H groups in total. The molecule has 1 aromatic heterocycles. The van der Waals surface area contributed by atoms with Crippen LogP contribution < -0.4 is 20.1 Å². The first-order valence-corrected chi connectivity index (χ1v) is 14.7. The number of carbonyl (C=O) groups is 3. The Morgan fingerprint density at radius 3 is 2.52 bits per heavy atom. The van der Waals surface area contributed by atoms with E-state index in [1.165, 1.54) is 25.3 Å². The Balaban J connectivity index is 1.38. The van der Waals surface area contributed by atoms with Crippen LogP contribution in [0.25, 0.3) is 0 Å². The second-order valence-electron chi connectivity index (χ2n) is 9.92. The number of nitrogens with zero attached hydrogens (tertiary/aromatic N) is 2. The number of hydrogen-bond acceptors (Lipinski definition) is 8. The number of benzene rings is 3. The molecule has 0 bridgehead atoms. The summed E-state index contributed by atoms with van der Waals surface area (Å²) >= 11 is 1.07. The van der Waals surface area contributed by atoms with Crippen molar-refractivity contribution in [2.75, 3.05) is 26.1 Å². The molecule has 5 rings (SSSR count). The van der Waals surface area contributed by atoms with Crippen molar-refractivity contribution in [3.8, 4) is 11.5 Å². The van der Waals surface area contributed by atoms with E-state index < -0.39 is 29.8 Å². The van der Waals surface area contributed by atoms with Gasteiger partial charge < -0.3 is 24.8 Å². The Morgan fingerprint density at radius 1 is 1.00 bits per heavy atom. The number of halogens is 1. The van der Waals surface area contributed by atoms with Gasteiger partial charge in [0.05, 0.1) is 25.8 Å². The molecule has 1 atom stereocenters. The van der Waals surface area contributed by atoms with Crippen LogP contribution in [0.4, 0.5) is 14.2 Å². The maximum absolute atomic E-state index is 14.4. The fourth-order valence-corrected chi connectivity index (χ4v) is 5.94. The highest BCUT2D eigenvalue weighted by molar-refractivity contribution is 7.16. The summed E-state index contributed by atoms with van der Waals surface area (Å²) in [5, 5.41) is 6.07. The Kier molecular flexibility index (Phi) is 9.70. The number of rotatable bonds is 10. The molecule has 10 nitrogen and oxygen atoms in total. The predicted octanol–water partition coefficient (Wildman–Crippen LogP) is 5.96. The van der Waals surface area contributed by atoms with Gasteiger partial charge in [-0.15, -0.1) is 0 Å². The van der Waals surface area contributed by atoms with Gasteiger partial charge in [-0.05, 0) is 42.7 Å². The lowest BCUT2D eigenvalue weighted by Crippen LogP contribution is -2.31. The van der Waals surface area contributed by atoms with Crippen molar-refractivity contribution in [2.45, 2.75) is 32.0 Å². The number of aromatic nitrogens is 1. The molecule has 1 saturated heterocycles. The first kappa shape index (κ1) is 30.5. The summed E-state index contributed by atoms with van der Waals surface area (Å²) < 4.78 is 30.6. The van der Waals surface area contributed by atoms with E-state index >= 15 is 0 Å². The topological polar surface area (TPSA) is 119 Å². The summed E-state index contributed by atoms with van der Waals surface area (Å²) in [4.78, 5) is 45.8. The molecule has 0 radical (unpaired) electrons. The number of ether oxygens (including phenoxy) is 3. The van der Waals surface area contributed by atoms with Gasteiger partial charge in [0, 0.05) is 24.7 Å². The maximum Gasteiger partial charge on any atom is 0.410 e. The zero-order valence-electron chi connectivity index (χ0n) is 24.2. The van der Waals surface area contributed by atoms with Gasteiger partial charge >= 0.3 is 6.09 Å². The summed E-state index contributed by atoms with van der Waals surface area (Å²) in [6.45, 7) is 0.668. The Hall–Kier alpha value is -4.97. The molecule has 1 aliphatic heterocycles. The average Bonchev–Trinajstić information content (AvgIpc) is 3.71. The van der Waals surface area contributed by atoms with Crippen LogP contribution in [0.2, 0.25) is 0 Å². The lowest BCUT2D eigenvalue weighted by Gasteiger charge is -2.22. The first-order chi connectivity index (χ1) is 21.4. The fourth-order valence-electron chi connectivity index (χ4n) is 4.83. The van der Waals surface area contributed by atoms with E-state index in [4.69, 9.17) is 14.2 Å². The maximum atomic E-state index is 14.4. The lowest BCUT2D eigenvalue weighted by molar-refractivity contribution is 0.0919. The molecule has 1 aliphatic rings. The van der Waals surface area contributed by atoms with E-state index in [0.29, 0.717) is 41.5 Å². The quantitative estimate of drug-likeness (QED) is 0.225. The van der Waals surface area contributed by atoms with Gasteiger partial charge in [-0.2, -0.15) is 0 Å². The molecular weight excluding hydrogens is 587 g/mol. The van der Waals surface area contributed by atoms with Crippen LogP contribution in [-0.2, 0) is 17.9 Å². The summed E-state index contributed by atoms with van der Waals surface area (Å²) in [7, 11) is 3.06. The highest BCUT2D eigenvalue weighted by Crippen LogP contribution is 2.38. The van der Waals surface area contributed by atoms with E-state index in [2.05, 4.69) is 15.6 Å². The van der Waals surface area contributed by atoms with Crippen molar-refractivity contribution in [2.24, 2.45) is 0 Å². The largest absolute Gasteiger partial charge is 0.497 e. The van der Waals surface area contributed by atoms with Crippen molar-refractivity contribution in [3.05, 3.63) is 106 Å². The summed E-state index contributed by atoms with van der Waals surface area (Å²) in [6.07, 6.45) is 0.806. The molecule has 12 heteroatoms. The monoisotopic (exact) mass is 618 g/mol. The van der Waals surface area contributed by atoms with E-state index in [0.717, 1.165) is 16.9 Å². The van der Waals surface area contributed by atoms with Gasteiger partial charge in [-0.25, -0.2) is 14.2 Å². The van der Waals surface area contributed by atoms with E-state index in [9.17, 15) is 18.8 Å². The molecule has 4 aromatic rings. The third-order valence-corrected chi connectivity index (χ3v) is 8.19. The lowest BCUT2D eigenvalue weighted by atomic mass is 10.2. The van der Waals surface area contributed by atoms with Gasteiger partial charge in [0.1, 0.15) is 33.9 Å². The van der Waals surface area contributed by atoms with Crippen LogP contribution in [0.3, 0.4) is 0 Å². The van der Waals surface area contributed by atoms with Crippen molar-refractivity contribution in [1.82, 2.24) is 15.2 Å². The van der Waals surface area contributed by atoms with Crippen LogP contribution in [0.15, 0.2) is 72.8 Å². The van der Waals surface area contributed by atoms with E-state index in [1.54, 1.807) is 36.3 Å². The predicted molar refractivity (Wildman–Crippen MR) is 162 cm³/mol. The number of anilines is 1. The van der Waals surface area contributed by atoms with Crippen molar-refractivity contribution < 1.29 is 33.0 Å². The van der Waals surface area contributed by atoms with Gasteiger partial charge in [0.2, 0.25) is 0 Å². The van der Waals surface area contributed by atoms with Crippen molar-refractivity contribution >= 4 is 34.2 Å². The molecule has 3 amide bonds. The van der Waals surface area contributed by atoms with E-state index in [1.807, 2.05) is 30.3 Å². The van der Waals surface area contributed by atoms with Gasteiger partial charge in [0.15, 0.2) is 5.69 Å². The van der Waals surface area contributed by atoms with Crippen LogP contribution in [0.1, 0.15) is 55.9 Å². The molecule has 1 unspecified atom stereocenters. The minimum Gasteiger partial charge on any atom is -0.497 e. The van der Waals surface area contributed by atoms with Crippen LogP contribution in [-0.4, -0.2) is 48.6 Å². The molecular formula is C32H31FN4O6S. The zero-order chi connectivity index (χ0) is 31.1. The number of likely N-dealkylation sites (tertiary alicyclic amines) is 1. The number of amides is 3. The summed E-state index contributed by atoms with van der Waals surface area (Å²) in [5.74, 6) is -0.870. The van der Waals surface area contributed by atoms with Crippen molar-refractivity contribution in [1.29, 1.82) is 0 Å². The second kappa shape index (κ2) is 14.0. The molecule has 1 fully saturated rings. The van der Waals surface area contributed by atoms with Crippen LogP contribution >= 0.6 is 11.3 Å². The number of nitrogens with one attached hydrogen (secondary N) is 2. The van der Waals surface area contributed by atoms with Gasteiger partial charge in [0.25, 0.3) is 11.8 Å². The Labute approximate surface area is 257 Å². The third-order valence-electron chi connectivity index (χ3n) is 7.12. The highest BCUT2D eigenvalue weighted by atomic mass is 32.1. The average molecular weight is 619 g/mol. The zero-order valence-corrected chi connectivity index (χ0v) is 25.0. The minimum absolute atomic E-state index is 0.0494. The number of carbonyl (C=O) groups excluding carboxylic acids is 3. The van der Waals surface area contributed by atoms with Crippen LogP contribution in [0.5, 0.6) is 11.5 Å². The number of hydrogen-bond donors (Lipinski definition) is 2. The molecule has 3 aromatic carbocycles. The number of methoxy groups -OCH3 is 2. The molecule has 44 heavy (non-hydrogen) atoms. The first-order valence-electron chi connectivity index (χ1n) is 13.9. The molecule has 0 aliphatic carbocycles. The molecule has 0 spiro atoms. The van der Waals surface area contributed by atoms with Crippen molar-refractivity contribution in [3.63, 3.8) is 0 Å². The normalized spacial score (nSPS) is 14.2. The third kappa shape index (κ3) is 6.97. The molecule has 0 saturated carbocycles. The molecule has 228 valence electrons. The SMILES string of the molecule is COc1ccc(CNC(=O)c2nc(C3CCCN3C(=O)OCc3ccccc3)sc2NC(=O)c2ccccc2F)c(OC)c1. The van der Waals surface area contributed by atoms with E-state index in [-0.39, 0.29) is 29.4 Å². The molecule has 2 heterocycles. The van der Waals surface area contributed by atoms with Crippen LogP contribution in [0, 0.1) is 5.82 Å². The summed E-state index contributed by atoms with van der Waals surface area (Å²) in [5.41, 5.74) is 1.32. The highest BCUT2D eigenvalue weighted by Gasteiger charge is 2.35. The minimum atomic E-state index is -0.727.